The lowest BCUT2D eigenvalue weighted by Gasteiger charge is -2.26. The van der Waals surface area contributed by atoms with Crippen LogP contribution >= 0.6 is 0 Å². The second-order valence-electron chi connectivity index (χ2n) is 4.68. The van der Waals surface area contributed by atoms with Gasteiger partial charge in [-0.15, -0.1) is 0 Å². The lowest BCUT2D eigenvalue weighted by Crippen LogP contribution is -2.30. The van der Waals surface area contributed by atoms with Crippen molar-refractivity contribution >= 4 is 17.0 Å². The molecule has 3 rings (SSSR count). The van der Waals surface area contributed by atoms with E-state index in [1.807, 2.05) is 11.5 Å². The molecule has 0 bridgehead atoms. The molecule has 0 amide bonds. The van der Waals surface area contributed by atoms with Gasteiger partial charge in [-0.25, -0.2) is 15.0 Å². The van der Waals surface area contributed by atoms with Crippen LogP contribution in [0.25, 0.3) is 11.2 Å². The first-order valence-corrected chi connectivity index (χ1v) is 5.87. The number of nitrogens with zero attached hydrogens (tertiary/aromatic N) is 4. The number of nitrogens with two attached hydrogens (primary N) is 1. The van der Waals surface area contributed by atoms with E-state index in [0.29, 0.717) is 17.0 Å². The number of ether oxygens (including phenoxy) is 1. The van der Waals surface area contributed by atoms with Crippen molar-refractivity contribution in [2.24, 2.45) is 0 Å². The zero-order valence-electron chi connectivity index (χ0n) is 10.1. The van der Waals surface area contributed by atoms with Gasteiger partial charge in [-0.1, -0.05) is 0 Å². The van der Waals surface area contributed by atoms with Gasteiger partial charge in [0.15, 0.2) is 11.5 Å². The van der Waals surface area contributed by atoms with Crippen molar-refractivity contribution in [3.63, 3.8) is 0 Å². The number of nitrogen functional groups attached to an aromatic ring is 1. The molecule has 1 aliphatic rings. The fraction of sp³-hybridized carbons (Fsp3) is 0.545. The molecule has 1 saturated heterocycles. The summed E-state index contributed by atoms with van der Waals surface area (Å²) in [5, 5.41) is 9.16. The number of aliphatic hydroxyl groups is 1. The van der Waals surface area contributed by atoms with Crippen molar-refractivity contribution in [3.8, 4) is 0 Å². The molecule has 2 atom stereocenters. The molecule has 7 nitrogen and oxygen atoms in total. The van der Waals surface area contributed by atoms with Crippen LogP contribution < -0.4 is 5.73 Å². The number of rotatable bonds is 2. The summed E-state index contributed by atoms with van der Waals surface area (Å²) in [5.74, 6) is 0.360. The number of aromatic nitrogens is 4. The van der Waals surface area contributed by atoms with Gasteiger partial charge in [-0.05, 0) is 19.8 Å². The molecule has 2 aromatic rings. The topological polar surface area (TPSA) is 99.1 Å². The Balaban J connectivity index is 2.07. The van der Waals surface area contributed by atoms with Gasteiger partial charge in [-0.3, -0.25) is 4.57 Å². The Bertz CT molecular complexity index is 584. The predicted octanol–water partition coefficient (Wildman–Crippen LogP) is 0.253. The van der Waals surface area contributed by atoms with Crippen LogP contribution in [0.5, 0.6) is 0 Å². The molecule has 2 aromatic heterocycles. The highest BCUT2D eigenvalue weighted by atomic mass is 16.5. The van der Waals surface area contributed by atoms with E-state index < -0.39 is 5.72 Å². The quantitative estimate of drug-likeness (QED) is 0.791. The summed E-state index contributed by atoms with van der Waals surface area (Å²) in [5.41, 5.74) is 6.45. The molecule has 0 radical (unpaired) electrons. The summed E-state index contributed by atoms with van der Waals surface area (Å²) in [4.78, 5) is 12.3. The van der Waals surface area contributed by atoms with Gasteiger partial charge in [0.2, 0.25) is 0 Å². The summed E-state index contributed by atoms with van der Waals surface area (Å²) in [6, 6.07) is 0. The van der Waals surface area contributed by atoms with E-state index >= 15 is 0 Å². The van der Waals surface area contributed by atoms with E-state index in [1.54, 1.807) is 6.33 Å². The summed E-state index contributed by atoms with van der Waals surface area (Å²) in [6.07, 6.45) is 4.56. The second kappa shape index (κ2) is 3.89. The van der Waals surface area contributed by atoms with E-state index in [9.17, 15) is 0 Å². The average Bonchev–Trinajstić information content (AvgIpc) is 2.94. The van der Waals surface area contributed by atoms with E-state index in [2.05, 4.69) is 15.0 Å². The monoisotopic (exact) mass is 249 g/mol. The number of hydrogen-bond donors (Lipinski definition) is 2. The van der Waals surface area contributed by atoms with Crippen molar-refractivity contribution in [1.82, 2.24) is 19.5 Å². The Hall–Kier alpha value is -1.73. The smallest absolute Gasteiger partial charge is 0.167 e. The molecule has 0 spiro atoms. The third-order valence-corrected chi connectivity index (χ3v) is 3.43. The second-order valence-corrected chi connectivity index (χ2v) is 4.68. The van der Waals surface area contributed by atoms with E-state index in [0.717, 1.165) is 12.8 Å². The molecule has 0 aromatic carbocycles. The fourth-order valence-corrected chi connectivity index (χ4v) is 2.41. The maximum atomic E-state index is 9.16. The first-order valence-electron chi connectivity index (χ1n) is 5.87. The summed E-state index contributed by atoms with van der Waals surface area (Å²) < 4.78 is 7.72. The Labute approximate surface area is 104 Å². The SMILES string of the molecule is C[C@]1(n2cnc3c(N)ncnc32)CC[C@@H](CO)O1. The molecule has 3 heterocycles. The van der Waals surface area contributed by atoms with Crippen molar-refractivity contribution in [2.75, 3.05) is 12.3 Å². The van der Waals surface area contributed by atoms with E-state index in [1.165, 1.54) is 6.33 Å². The van der Waals surface area contributed by atoms with Crippen LogP contribution in [0.1, 0.15) is 19.8 Å². The number of aliphatic hydroxyl groups excluding tert-OH is 1. The zero-order chi connectivity index (χ0) is 12.8. The summed E-state index contributed by atoms with van der Waals surface area (Å²) in [6.45, 7) is 1.99. The van der Waals surface area contributed by atoms with Crippen LogP contribution in [0.3, 0.4) is 0 Å². The Kier molecular flexibility index (Phi) is 2.46. The van der Waals surface area contributed by atoms with Crippen LogP contribution in [0.2, 0.25) is 0 Å². The Morgan fingerprint density at radius 2 is 2.39 bits per heavy atom. The van der Waals surface area contributed by atoms with E-state index in [-0.39, 0.29) is 12.7 Å². The zero-order valence-corrected chi connectivity index (χ0v) is 10.1. The number of anilines is 1. The largest absolute Gasteiger partial charge is 0.394 e. The minimum absolute atomic E-state index is 0.0271. The summed E-state index contributed by atoms with van der Waals surface area (Å²) in [7, 11) is 0. The van der Waals surface area contributed by atoms with Crippen LogP contribution in [-0.2, 0) is 10.5 Å². The summed E-state index contributed by atoms with van der Waals surface area (Å²) >= 11 is 0. The molecule has 7 heteroatoms. The lowest BCUT2D eigenvalue weighted by molar-refractivity contribution is -0.0954. The number of imidazole rings is 1. The van der Waals surface area contributed by atoms with Gasteiger partial charge in [-0.2, -0.15) is 0 Å². The average molecular weight is 249 g/mol. The van der Waals surface area contributed by atoms with E-state index in [4.69, 9.17) is 15.6 Å². The molecule has 1 fully saturated rings. The Morgan fingerprint density at radius 1 is 1.56 bits per heavy atom. The Morgan fingerprint density at radius 3 is 3.11 bits per heavy atom. The van der Waals surface area contributed by atoms with Crippen molar-refractivity contribution < 1.29 is 9.84 Å². The normalized spacial score (nSPS) is 28.0. The molecular weight excluding hydrogens is 234 g/mol. The van der Waals surface area contributed by atoms with Gasteiger partial charge >= 0.3 is 0 Å². The molecule has 0 aliphatic carbocycles. The van der Waals surface area contributed by atoms with Crippen molar-refractivity contribution in [3.05, 3.63) is 12.7 Å². The van der Waals surface area contributed by atoms with Gasteiger partial charge in [0.1, 0.15) is 17.6 Å². The highest BCUT2D eigenvalue weighted by Crippen LogP contribution is 2.36. The van der Waals surface area contributed by atoms with Gasteiger partial charge in [0.25, 0.3) is 0 Å². The molecule has 0 saturated carbocycles. The van der Waals surface area contributed by atoms with Crippen LogP contribution in [0.4, 0.5) is 5.82 Å². The fourth-order valence-electron chi connectivity index (χ4n) is 2.41. The third-order valence-electron chi connectivity index (χ3n) is 3.43. The molecule has 1 aliphatic heterocycles. The van der Waals surface area contributed by atoms with Crippen molar-refractivity contribution in [1.29, 1.82) is 0 Å². The van der Waals surface area contributed by atoms with Crippen molar-refractivity contribution in [2.45, 2.75) is 31.6 Å². The molecular formula is C11H15N5O2. The highest BCUT2D eigenvalue weighted by Gasteiger charge is 2.38. The molecule has 96 valence electrons. The highest BCUT2D eigenvalue weighted by molar-refractivity contribution is 5.81. The lowest BCUT2D eigenvalue weighted by atomic mass is 10.1. The first kappa shape index (κ1) is 11.4. The number of hydrogen-bond acceptors (Lipinski definition) is 6. The molecule has 3 N–H and O–H groups in total. The maximum absolute atomic E-state index is 9.16. The minimum Gasteiger partial charge on any atom is -0.394 e. The minimum atomic E-state index is -0.539. The van der Waals surface area contributed by atoms with Gasteiger partial charge in [0.05, 0.1) is 19.0 Å². The molecule has 18 heavy (non-hydrogen) atoms. The number of fused-ring (bicyclic) bond motifs is 1. The van der Waals surface area contributed by atoms with Crippen LogP contribution in [0.15, 0.2) is 12.7 Å². The van der Waals surface area contributed by atoms with Crippen LogP contribution in [0, 0.1) is 0 Å². The maximum Gasteiger partial charge on any atom is 0.167 e. The predicted molar refractivity (Wildman–Crippen MR) is 64.6 cm³/mol. The molecule has 0 unspecified atom stereocenters. The standard InChI is InChI=1S/C11H15N5O2/c1-11(3-2-7(4-17)18-11)16-6-15-8-9(12)13-5-14-10(8)16/h5-7,17H,2-4H2,1H3,(H2,12,13,14)/t7-,11+/m0/s1. The third kappa shape index (κ3) is 1.55. The first-order chi connectivity index (χ1) is 8.64. The van der Waals surface area contributed by atoms with Gasteiger partial charge in [0, 0.05) is 0 Å². The van der Waals surface area contributed by atoms with Gasteiger partial charge < -0.3 is 15.6 Å². The van der Waals surface area contributed by atoms with Crippen LogP contribution in [-0.4, -0.2) is 37.3 Å².